The Morgan fingerprint density at radius 2 is 1.19 bits per heavy atom. The first kappa shape index (κ1) is 19.1. The van der Waals surface area contributed by atoms with E-state index >= 15 is 0 Å². The Bertz CT molecular complexity index is 773. The van der Waals surface area contributed by atoms with Crippen LogP contribution in [0.3, 0.4) is 0 Å². The second kappa shape index (κ2) is 9.86. The average Bonchev–Trinajstić information content (AvgIpc) is 2.73. The molecule has 2 nitrogen and oxygen atoms in total. The summed E-state index contributed by atoms with van der Waals surface area (Å²) in [6.45, 7) is 3.69. The molecule has 1 N–H and O–H groups in total. The molecule has 0 saturated heterocycles. The van der Waals surface area contributed by atoms with E-state index in [4.69, 9.17) is 0 Å². The molecule has 138 valence electrons. The minimum absolute atomic E-state index is 0.00891. The molecule has 3 rings (SSSR count). The third-order valence-electron chi connectivity index (χ3n) is 4.81. The Hall–Kier alpha value is -2.68. The molecule has 0 aliphatic rings. The second-order valence-electron chi connectivity index (χ2n) is 6.88. The van der Waals surface area contributed by atoms with E-state index in [-0.39, 0.29) is 6.04 Å². The number of aliphatic hydroxyl groups is 1. The predicted molar refractivity (Wildman–Crippen MR) is 113 cm³/mol. The van der Waals surface area contributed by atoms with Crippen molar-refractivity contribution in [1.82, 2.24) is 4.90 Å². The average molecular weight is 357 g/mol. The monoisotopic (exact) mass is 357 g/mol. The Morgan fingerprint density at radius 1 is 0.741 bits per heavy atom. The molecule has 0 saturated carbocycles. The van der Waals surface area contributed by atoms with E-state index in [0.717, 1.165) is 18.7 Å². The molecule has 2 atom stereocenters. The molecular formula is C25H27NO. The fourth-order valence-corrected chi connectivity index (χ4v) is 3.13. The van der Waals surface area contributed by atoms with Crippen molar-refractivity contribution in [2.75, 3.05) is 0 Å². The SMILES string of the molecule is C[C@@H]([C@@H](O)/C=C/c1ccccc1)N(Cc1ccccc1)Cc1ccccc1. The van der Waals surface area contributed by atoms with Gasteiger partial charge in [0.25, 0.3) is 0 Å². The zero-order chi connectivity index (χ0) is 18.9. The van der Waals surface area contributed by atoms with E-state index in [9.17, 15) is 5.11 Å². The number of hydrogen-bond acceptors (Lipinski definition) is 2. The number of hydrogen-bond donors (Lipinski definition) is 1. The van der Waals surface area contributed by atoms with Crippen molar-refractivity contribution in [3.05, 3.63) is 114 Å². The zero-order valence-corrected chi connectivity index (χ0v) is 15.8. The Labute approximate surface area is 162 Å². The maximum Gasteiger partial charge on any atom is 0.0876 e. The normalized spacial score (nSPS) is 13.7. The van der Waals surface area contributed by atoms with Gasteiger partial charge >= 0.3 is 0 Å². The first-order valence-electron chi connectivity index (χ1n) is 9.45. The van der Waals surface area contributed by atoms with E-state index in [1.807, 2.05) is 54.6 Å². The molecule has 0 spiro atoms. The molecule has 0 aromatic heterocycles. The molecule has 0 aliphatic carbocycles. The van der Waals surface area contributed by atoms with Gasteiger partial charge in [-0.05, 0) is 23.6 Å². The van der Waals surface area contributed by atoms with Gasteiger partial charge in [-0.25, -0.2) is 0 Å². The van der Waals surface area contributed by atoms with Gasteiger partial charge in [-0.1, -0.05) is 103 Å². The minimum atomic E-state index is -0.544. The van der Waals surface area contributed by atoms with Gasteiger partial charge in [-0.2, -0.15) is 0 Å². The molecule has 0 bridgehead atoms. The molecule has 0 aliphatic heterocycles. The van der Waals surface area contributed by atoms with Crippen molar-refractivity contribution in [3.8, 4) is 0 Å². The summed E-state index contributed by atoms with van der Waals surface area (Å²) < 4.78 is 0. The third kappa shape index (κ3) is 5.92. The van der Waals surface area contributed by atoms with Crippen LogP contribution in [-0.4, -0.2) is 22.2 Å². The van der Waals surface area contributed by atoms with Gasteiger partial charge in [0.1, 0.15) is 0 Å². The zero-order valence-electron chi connectivity index (χ0n) is 15.8. The Balaban J connectivity index is 1.74. The summed E-state index contributed by atoms with van der Waals surface area (Å²) in [5.41, 5.74) is 3.60. The molecule has 27 heavy (non-hydrogen) atoms. The highest BCUT2D eigenvalue weighted by molar-refractivity contribution is 5.49. The van der Waals surface area contributed by atoms with Gasteiger partial charge in [-0.15, -0.1) is 0 Å². The van der Waals surface area contributed by atoms with Crippen LogP contribution in [0.2, 0.25) is 0 Å². The summed E-state index contributed by atoms with van der Waals surface area (Å²) in [5.74, 6) is 0. The van der Waals surface area contributed by atoms with Crippen molar-refractivity contribution in [3.63, 3.8) is 0 Å². The second-order valence-corrected chi connectivity index (χ2v) is 6.88. The highest BCUT2D eigenvalue weighted by atomic mass is 16.3. The van der Waals surface area contributed by atoms with Crippen LogP contribution in [0, 0.1) is 0 Å². The third-order valence-corrected chi connectivity index (χ3v) is 4.81. The maximum absolute atomic E-state index is 10.8. The summed E-state index contributed by atoms with van der Waals surface area (Å²) in [4.78, 5) is 2.32. The summed E-state index contributed by atoms with van der Waals surface area (Å²) in [6.07, 6.45) is 3.34. The molecule has 0 heterocycles. The summed E-state index contributed by atoms with van der Waals surface area (Å²) >= 11 is 0. The van der Waals surface area contributed by atoms with E-state index in [1.54, 1.807) is 0 Å². The molecule has 0 radical (unpaired) electrons. The van der Waals surface area contributed by atoms with Gasteiger partial charge < -0.3 is 5.11 Å². The van der Waals surface area contributed by atoms with Crippen molar-refractivity contribution in [2.45, 2.75) is 32.2 Å². The van der Waals surface area contributed by atoms with Gasteiger partial charge in [0.2, 0.25) is 0 Å². The molecule has 0 amide bonds. The van der Waals surface area contributed by atoms with E-state index < -0.39 is 6.10 Å². The van der Waals surface area contributed by atoms with E-state index in [0.29, 0.717) is 0 Å². The molecule has 2 heteroatoms. The summed E-state index contributed by atoms with van der Waals surface area (Å²) in [6, 6.07) is 30.9. The molecule has 0 fully saturated rings. The van der Waals surface area contributed by atoms with E-state index in [2.05, 4.69) is 60.4 Å². The molecular weight excluding hydrogens is 330 g/mol. The number of benzene rings is 3. The van der Waals surface area contributed by atoms with Gasteiger partial charge in [0, 0.05) is 19.1 Å². The van der Waals surface area contributed by atoms with Gasteiger partial charge in [-0.3, -0.25) is 4.90 Å². The first-order valence-corrected chi connectivity index (χ1v) is 9.45. The van der Waals surface area contributed by atoms with Crippen LogP contribution < -0.4 is 0 Å². The topological polar surface area (TPSA) is 23.5 Å². The lowest BCUT2D eigenvalue weighted by Crippen LogP contribution is -2.39. The molecule has 0 unspecified atom stereocenters. The van der Waals surface area contributed by atoms with Crippen LogP contribution in [0.25, 0.3) is 6.08 Å². The predicted octanol–water partition coefficient (Wildman–Crippen LogP) is 5.15. The lowest BCUT2D eigenvalue weighted by molar-refractivity contribution is 0.0785. The number of nitrogens with zero attached hydrogens (tertiary/aromatic N) is 1. The van der Waals surface area contributed by atoms with Crippen LogP contribution in [0.5, 0.6) is 0 Å². The molecule has 3 aromatic rings. The fraction of sp³-hybridized carbons (Fsp3) is 0.200. The summed E-state index contributed by atoms with van der Waals surface area (Å²) in [7, 11) is 0. The van der Waals surface area contributed by atoms with Crippen LogP contribution >= 0.6 is 0 Å². The fourth-order valence-electron chi connectivity index (χ4n) is 3.13. The Morgan fingerprint density at radius 3 is 1.67 bits per heavy atom. The van der Waals surface area contributed by atoms with Crippen LogP contribution in [0.1, 0.15) is 23.6 Å². The lowest BCUT2D eigenvalue weighted by atomic mass is 10.1. The van der Waals surface area contributed by atoms with Crippen LogP contribution in [0.15, 0.2) is 97.1 Å². The molecule has 3 aromatic carbocycles. The van der Waals surface area contributed by atoms with Crippen LogP contribution in [0.4, 0.5) is 0 Å². The minimum Gasteiger partial charge on any atom is -0.387 e. The van der Waals surface area contributed by atoms with Crippen molar-refractivity contribution >= 4 is 6.08 Å². The highest BCUT2D eigenvalue weighted by Crippen LogP contribution is 2.17. The largest absolute Gasteiger partial charge is 0.387 e. The smallest absolute Gasteiger partial charge is 0.0876 e. The van der Waals surface area contributed by atoms with E-state index in [1.165, 1.54) is 11.1 Å². The Kier molecular flexibility index (Phi) is 6.97. The first-order chi connectivity index (χ1) is 13.2. The van der Waals surface area contributed by atoms with Crippen LogP contribution in [-0.2, 0) is 13.1 Å². The number of aliphatic hydroxyl groups excluding tert-OH is 1. The quantitative estimate of drug-likeness (QED) is 0.602. The maximum atomic E-state index is 10.8. The highest BCUT2D eigenvalue weighted by Gasteiger charge is 2.20. The van der Waals surface area contributed by atoms with Crippen molar-refractivity contribution < 1.29 is 5.11 Å². The van der Waals surface area contributed by atoms with Gasteiger partial charge in [0.15, 0.2) is 0 Å². The van der Waals surface area contributed by atoms with Crippen molar-refractivity contribution in [1.29, 1.82) is 0 Å². The summed E-state index contributed by atoms with van der Waals surface area (Å²) in [5, 5.41) is 10.8. The standard InChI is InChI=1S/C25H27NO/c1-21(25(27)18-17-22-11-5-2-6-12-22)26(19-23-13-7-3-8-14-23)20-24-15-9-4-10-16-24/h2-18,21,25,27H,19-20H2,1H3/b18-17+/t21-,25-/m0/s1. The number of rotatable bonds is 8. The van der Waals surface area contributed by atoms with Crippen molar-refractivity contribution in [2.24, 2.45) is 0 Å². The lowest BCUT2D eigenvalue weighted by Gasteiger charge is -2.31. The van der Waals surface area contributed by atoms with Gasteiger partial charge in [0.05, 0.1) is 6.10 Å².